The molecular weight excluding hydrogens is 464 g/mol. The second kappa shape index (κ2) is 9.80. The van der Waals surface area contributed by atoms with Crippen molar-refractivity contribution in [3.8, 4) is 5.69 Å². The third-order valence-electron chi connectivity index (χ3n) is 5.00. The molecular formula is C25H18F4N4O2. The van der Waals surface area contributed by atoms with Crippen LogP contribution in [0.4, 0.5) is 28.9 Å². The lowest BCUT2D eigenvalue weighted by atomic mass is 10.1. The van der Waals surface area contributed by atoms with Crippen LogP contribution < -0.4 is 10.6 Å². The van der Waals surface area contributed by atoms with Gasteiger partial charge in [-0.1, -0.05) is 30.3 Å². The Morgan fingerprint density at radius 2 is 1.63 bits per heavy atom. The van der Waals surface area contributed by atoms with E-state index in [0.717, 1.165) is 17.8 Å². The van der Waals surface area contributed by atoms with Crippen LogP contribution in [0.3, 0.4) is 0 Å². The largest absolute Gasteiger partial charge is 0.418 e. The monoisotopic (exact) mass is 482 g/mol. The minimum absolute atomic E-state index is 0.199. The molecule has 0 aliphatic rings. The summed E-state index contributed by atoms with van der Waals surface area (Å²) in [5, 5.41) is 8.68. The first-order valence-corrected chi connectivity index (χ1v) is 10.4. The fourth-order valence-electron chi connectivity index (χ4n) is 3.36. The number of rotatable bonds is 6. The molecule has 35 heavy (non-hydrogen) atoms. The fourth-order valence-corrected chi connectivity index (χ4v) is 3.36. The summed E-state index contributed by atoms with van der Waals surface area (Å²) < 4.78 is 56.4. The maximum atomic E-state index is 13.8. The first kappa shape index (κ1) is 23.7. The Hall–Kier alpha value is -4.47. The van der Waals surface area contributed by atoms with Crippen molar-refractivity contribution in [3.63, 3.8) is 0 Å². The van der Waals surface area contributed by atoms with Crippen LogP contribution in [0.15, 0.2) is 85.2 Å². The van der Waals surface area contributed by atoms with Gasteiger partial charge < -0.3 is 10.6 Å². The molecule has 6 nitrogen and oxygen atoms in total. The van der Waals surface area contributed by atoms with Crippen LogP contribution in [0, 0.1) is 5.82 Å². The van der Waals surface area contributed by atoms with E-state index in [1.54, 1.807) is 10.9 Å². The molecule has 0 unspecified atom stereocenters. The number of benzene rings is 3. The van der Waals surface area contributed by atoms with E-state index >= 15 is 0 Å². The van der Waals surface area contributed by atoms with Crippen molar-refractivity contribution in [2.24, 2.45) is 0 Å². The molecule has 0 saturated heterocycles. The normalized spacial score (nSPS) is 11.2. The van der Waals surface area contributed by atoms with Gasteiger partial charge in [-0.25, -0.2) is 9.07 Å². The number of alkyl halides is 3. The molecule has 0 aliphatic carbocycles. The van der Waals surface area contributed by atoms with Crippen molar-refractivity contribution in [2.75, 3.05) is 10.6 Å². The van der Waals surface area contributed by atoms with Crippen molar-refractivity contribution >= 4 is 23.2 Å². The molecule has 4 rings (SSSR count). The minimum atomic E-state index is -4.82. The van der Waals surface area contributed by atoms with Gasteiger partial charge in [0.05, 0.1) is 35.1 Å². The second-order valence-electron chi connectivity index (χ2n) is 7.55. The zero-order valence-electron chi connectivity index (χ0n) is 18.0. The van der Waals surface area contributed by atoms with Crippen LogP contribution in [0.25, 0.3) is 5.69 Å². The average Bonchev–Trinajstić information content (AvgIpc) is 3.28. The zero-order valence-corrected chi connectivity index (χ0v) is 18.0. The van der Waals surface area contributed by atoms with Gasteiger partial charge in [-0.15, -0.1) is 0 Å². The summed E-state index contributed by atoms with van der Waals surface area (Å²) in [6.07, 6.45) is -1.95. The lowest BCUT2D eigenvalue weighted by molar-refractivity contribution is -0.136. The summed E-state index contributed by atoms with van der Waals surface area (Å²) in [5.41, 5.74) is -0.860. The Kier molecular flexibility index (Phi) is 6.63. The quantitative estimate of drug-likeness (QED) is 0.358. The first-order valence-electron chi connectivity index (χ1n) is 10.4. The summed E-state index contributed by atoms with van der Waals surface area (Å²) in [6, 6.07) is 17.1. The van der Waals surface area contributed by atoms with E-state index in [-0.39, 0.29) is 17.7 Å². The predicted molar refractivity (Wildman–Crippen MR) is 122 cm³/mol. The van der Waals surface area contributed by atoms with Crippen LogP contribution in [-0.4, -0.2) is 21.6 Å². The van der Waals surface area contributed by atoms with Gasteiger partial charge >= 0.3 is 6.18 Å². The van der Waals surface area contributed by atoms with E-state index in [1.165, 1.54) is 30.5 Å². The third kappa shape index (κ3) is 5.72. The number of carbonyl (C=O) groups excluding carboxylic acids is 2. The Bertz CT molecular complexity index is 1370. The van der Waals surface area contributed by atoms with E-state index < -0.39 is 35.1 Å². The molecule has 3 aromatic carbocycles. The van der Waals surface area contributed by atoms with Crippen molar-refractivity contribution in [3.05, 3.63) is 108 Å². The van der Waals surface area contributed by atoms with Crippen molar-refractivity contribution in [1.29, 1.82) is 0 Å². The minimum Gasteiger partial charge on any atom is -0.325 e. The molecule has 2 N–H and O–H groups in total. The maximum absolute atomic E-state index is 13.8. The fraction of sp³-hybridized carbons (Fsp3) is 0.0800. The van der Waals surface area contributed by atoms with Crippen LogP contribution in [0.5, 0.6) is 0 Å². The van der Waals surface area contributed by atoms with E-state index in [0.29, 0.717) is 11.6 Å². The molecule has 4 aromatic rings. The predicted octanol–water partition coefficient (Wildman–Crippen LogP) is 5.46. The molecule has 1 heterocycles. The summed E-state index contributed by atoms with van der Waals surface area (Å²) in [6.45, 7) is 0. The molecule has 178 valence electrons. The number of amides is 2. The Morgan fingerprint density at radius 3 is 2.34 bits per heavy atom. The third-order valence-corrected chi connectivity index (χ3v) is 5.00. The Labute approximate surface area is 197 Å². The number of halogens is 4. The number of carbonyl (C=O) groups is 2. The molecule has 0 aliphatic heterocycles. The molecule has 2 amide bonds. The molecule has 0 bridgehead atoms. The second-order valence-corrected chi connectivity index (χ2v) is 7.55. The van der Waals surface area contributed by atoms with Crippen LogP contribution in [0.2, 0.25) is 0 Å². The highest BCUT2D eigenvalue weighted by molar-refractivity contribution is 6.04. The Balaban J connectivity index is 1.49. The lowest BCUT2D eigenvalue weighted by Gasteiger charge is -2.16. The molecule has 10 heteroatoms. The SMILES string of the molecule is O=C(Cc1cnn(-c2ccccc2)c1)Nc1ccc(NC(=O)c2ccccc2F)cc1C(F)(F)F. The molecule has 0 saturated carbocycles. The average molecular weight is 482 g/mol. The highest BCUT2D eigenvalue weighted by Gasteiger charge is 2.34. The zero-order chi connectivity index (χ0) is 25.0. The van der Waals surface area contributed by atoms with Crippen LogP contribution in [0.1, 0.15) is 21.5 Å². The molecule has 0 atom stereocenters. The number of anilines is 2. The van der Waals surface area contributed by atoms with Gasteiger partial charge in [0.2, 0.25) is 5.91 Å². The first-order chi connectivity index (χ1) is 16.7. The lowest BCUT2D eigenvalue weighted by Crippen LogP contribution is -2.19. The van der Waals surface area contributed by atoms with E-state index in [1.807, 2.05) is 30.3 Å². The van der Waals surface area contributed by atoms with Gasteiger partial charge in [0.1, 0.15) is 5.82 Å². The van der Waals surface area contributed by atoms with Gasteiger partial charge in [-0.05, 0) is 48.0 Å². The number of hydrogen-bond donors (Lipinski definition) is 2. The summed E-state index contributed by atoms with van der Waals surface area (Å²) in [4.78, 5) is 24.7. The number of nitrogens with zero attached hydrogens (tertiary/aromatic N) is 2. The van der Waals surface area contributed by atoms with Crippen LogP contribution >= 0.6 is 0 Å². The molecule has 0 fully saturated rings. The van der Waals surface area contributed by atoms with Crippen molar-refractivity contribution in [1.82, 2.24) is 9.78 Å². The molecule has 0 radical (unpaired) electrons. The van der Waals surface area contributed by atoms with Crippen molar-refractivity contribution in [2.45, 2.75) is 12.6 Å². The highest BCUT2D eigenvalue weighted by Crippen LogP contribution is 2.36. The molecule has 0 spiro atoms. The standard InChI is InChI=1S/C25H18F4N4O2/c26-21-9-5-4-8-19(21)24(35)31-17-10-11-22(20(13-17)25(27,28)29)32-23(34)12-16-14-30-33(15-16)18-6-2-1-3-7-18/h1-11,13-15H,12H2,(H,31,35)(H,32,34). The van der Waals surface area contributed by atoms with E-state index in [2.05, 4.69) is 15.7 Å². The number of aromatic nitrogens is 2. The highest BCUT2D eigenvalue weighted by atomic mass is 19.4. The van der Waals surface area contributed by atoms with Gasteiger partial charge in [0.25, 0.3) is 5.91 Å². The number of para-hydroxylation sites is 1. The summed E-state index contributed by atoms with van der Waals surface area (Å²) in [5.74, 6) is -2.38. The van der Waals surface area contributed by atoms with Gasteiger partial charge in [-0.3, -0.25) is 9.59 Å². The van der Waals surface area contributed by atoms with Gasteiger partial charge in [0, 0.05) is 11.9 Å². The summed E-state index contributed by atoms with van der Waals surface area (Å²) >= 11 is 0. The topological polar surface area (TPSA) is 76.0 Å². The van der Waals surface area contributed by atoms with Crippen LogP contribution in [-0.2, 0) is 17.4 Å². The smallest absolute Gasteiger partial charge is 0.325 e. The Morgan fingerprint density at radius 1 is 0.914 bits per heavy atom. The number of hydrogen-bond acceptors (Lipinski definition) is 3. The van der Waals surface area contributed by atoms with Gasteiger partial charge in [-0.2, -0.15) is 18.3 Å². The molecule has 1 aromatic heterocycles. The van der Waals surface area contributed by atoms with E-state index in [9.17, 15) is 27.2 Å². The van der Waals surface area contributed by atoms with Crippen molar-refractivity contribution < 1.29 is 27.2 Å². The van der Waals surface area contributed by atoms with E-state index in [4.69, 9.17) is 0 Å². The summed E-state index contributed by atoms with van der Waals surface area (Å²) in [7, 11) is 0. The number of nitrogens with one attached hydrogen (secondary N) is 2. The maximum Gasteiger partial charge on any atom is 0.418 e. The van der Waals surface area contributed by atoms with Gasteiger partial charge in [0.15, 0.2) is 0 Å².